The van der Waals surface area contributed by atoms with Crippen LogP contribution in [0, 0.1) is 0 Å². The van der Waals surface area contributed by atoms with E-state index < -0.39 is 0 Å². The van der Waals surface area contributed by atoms with Gasteiger partial charge in [-0.25, -0.2) is 0 Å². The van der Waals surface area contributed by atoms with Crippen molar-refractivity contribution in [2.45, 2.75) is 6.54 Å². The molecule has 0 N–H and O–H groups in total. The quantitative estimate of drug-likeness (QED) is 0.740. The molecule has 134 valence electrons. The fourth-order valence-electron chi connectivity index (χ4n) is 2.60. The van der Waals surface area contributed by atoms with E-state index in [4.69, 9.17) is 9.47 Å². The van der Waals surface area contributed by atoms with Gasteiger partial charge in [0.2, 0.25) is 0 Å². The zero-order chi connectivity index (χ0) is 18.2. The number of carbonyl (C=O) groups is 1. The molecule has 0 aliphatic carbocycles. The Kier molecular flexibility index (Phi) is 6.83. The molecule has 0 heterocycles. The van der Waals surface area contributed by atoms with Gasteiger partial charge in [-0.3, -0.25) is 4.79 Å². The Morgan fingerprint density at radius 2 is 1.64 bits per heavy atom. The van der Waals surface area contributed by atoms with Crippen molar-refractivity contribution in [3.05, 3.63) is 59.7 Å². The van der Waals surface area contributed by atoms with Crippen molar-refractivity contribution in [2.75, 3.05) is 41.4 Å². The first kappa shape index (κ1) is 18.8. The Morgan fingerprint density at radius 1 is 0.920 bits per heavy atom. The van der Waals surface area contributed by atoms with Gasteiger partial charge < -0.3 is 19.3 Å². The molecule has 2 aromatic rings. The molecular formula is C20H26N2O3. The van der Waals surface area contributed by atoms with Crippen LogP contribution in [-0.2, 0) is 6.54 Å². The summed E-state index contributed by atoms with van der Waals surface area (Å²) in [6.07, 6.45) is 0. The van der Waals surface area contributed by atoms with E-state index in [1.807, 2.05) is 49.3 Å². The molecule has 0 aliphatic heterocycles. The molecular weight excluding hydrogens is 316 g/mol. The number of methoxy groups -OCH3 is 2. The Morgan fingerprint density at radius 3 is 2.24 bits per heavy atom. The normalized spacial score (nSPS) is 10.6. The molecule has 0 unspecified atom stereocenters. The van der Waals surface area contributed by atoms with Crippen molar-refractivity contribution < 1.29 is 14.3 Å². The van der Waals surface area contributed by atoms with E-state index in [0.717, 1.165) is 12.1 Å². The minimum absolute atomic E-state index is 0.0681. The van der Waals surface area contributed by atoms with Crippen molar-refractivity contribution in [3.63, 3.8) is 0 Å². The van der Waals surface area contributed by atoms with Crippen LogP contribution in [0.4, 0.5) is 0 Å². The second-order valence-electron chi connectivity index (χ2n) is 6.06. The molecule has 0 aliphatic rings. The first-order chi connectivity index (χ1) is 12.1. The topological polar surface area (TPSA) is 42.0 Å². The predicted octanol–water partition coefficient (Wildman–Crippen LogP) is 2.91. The number of ether oxygens (including phenoxy) is 2. The van der Waals surface area contributed by atoms with Gasteiger partial charge >= 0.3 is 0 Å². The van der Waals surface area contributed by atoms with Crippen molar-refractivity contribution >= 4 is 5.91 Å². The van der Waals surface area contributed by atoms with E-state index in [2.05, 4.69) is 4.90 Å². The van der Waals surface area contributed by atoms with Crippen molar-refractivity contribution in [1.82, 2.24) is 9.80 Å². The van der Waals surface area contributed by atoms with Crippen LogP contribution in [0.25, 0.3) is 0 Å². The third-order valence-electron chi connectivity index (χ3n) is 3.95. The fourth-order valence-corrected chi connectivity index (χ4v) is 2.60. The molecule has 0 bridgehead atoms. The second kappa shape index (κ2) is 9.08. The lowest BCUT2D eigenvalue weighted by atomic mass is 10.1. The number of para-hydroxylation sites is 1. The number of hydrogen-bond acceptors (Lipinski definition) is 4. The molecule has 0 fully saturated rings. The van der Waals surface area contributed by atoms with Crippen LogP contribution >= 0.6 is 0 Å². The number of nitrogens with zero attached hydrogens (tertiary/aromatic N) is 2. The van der Waals surface area contributed by atoms with E-state index in [-0.39, 0.29) is 5.91 Å². The molecule has 2 aromatic carbocycles. The average Bonchev–Trinajstić information content (AvgIpc) is 2.64. The summed E-state index contributed by atoms with van der Waals surface area (Å²) in [6.45, 7) is 1.96. The minimum atomic E-state index is -0.0681. The third kappa shape index (κ3) is 4.97. The van der Waals surface area contributed by atoms with Gasteiger partial charge in [0.25, 0.3) is 5.91 Å². The molecule has 25 heavy (non-hydrogen) atoms. The summed E-state index contributed by atoms with van der Waals surface area (Å²) in [4.78, 5) is 17.1. The zero-order valence-electron chi connectivity index (χ0n) is 15.4. The van der Waals surface area contributed by atoms with E-state index in [0.29, 0.717) is 30.2 Å². The lowest BCUT2D eigenvalue weighted by molar-refractivity contribution is 0.0728. The molecule has 0 aromatic heterocycles. The van der Waals surface area contributed by atoms with Gasteiger partial charge in [0.15, 0.2) is 11.5 Å². The van der Waals surface area contributed by atoms with Gasteiger partial charge in [0.05, 0.1) is 19.8 Å². The third-order valence-corrected chi connectivity index (χ3v) is 3.95. The van der Waals surface area contributed by atoms with Gasteiger partial charge in [0, 0.05) is 19.6 Å². The van der Waals surface area contributed by atoms with Gasteiger partial charge in [-0.05, 0) is 31.8 Å². The maximum atomic E-state index is 13.2. The minimum Gasteiger partial charge on any atom is -0.493 e. The van der Waals surface area contributed by atoms with Crippen LogP contribution in [0.2, 0.25) is 0 Å². The number of likely N-dealkylation sites (N-methyl/N-ethyl adjacent to an activating group) is 1. The van der Waals surface area contributed by atoms with Crippen LogP contribution in [0.1, 0.15) is 15.9 Å². The Labute approximate surface area is 149 Å². The standard InChI is InChI=1S/C20H26N2O3/c1-21(2)13-14-22(15-16-9-6-5-7-10-16)20(23)17-11-8-12-18(24-3)19(17)25-4/h5-12H,13-15H2,1-4H3. The largest absolute Gasteiger partial charge is 0.493 e. The maximum Gasteiger partial charge on any atom is 0.258 e. The molecule has 0 spiro atoms. The molecule has 5 nitrogen and oxygen atoms in total. The molecule has 0 saturated heterocycles. The highest BCUT2D eigenvalue weighted by Crippen LogP contribution is 2.31. The molecule has 0 saturated carbocycles. The number of amides is 1. The second-order valence-corrected chi connectivity index (χ2v) is 6.06. The smallest absolute Gasteiger partial charge is 0.258 e. The van der Waals surface area contributed by atoms with Crippen molar-refractivity contribution in [3.8, 4) is 11.5 Å². The fraction of sp³-hybridized carbons (Fsp3) is 0.350. The van der Waals surface area contributed by atoms with Crippen molar-refractivity contribution in [1.29, 1.82) is 0 Å². The van der Waals surface area contributed by atoms with E-state index in [1.165, 1.54) is 0 Å². The molecule has 2 rings (SSSR count). The molecule has 1 amide bonds. The van der Waals surface area contributed by atoms with Crippen LogP contribution in [0.15, 0.2) is 48.5 Å². The summed E-state index contributed by atoms with van der Waals surface area (Å²) < 4.78 is 10.8. The number of benzene rings is 2. The lowest BCUT2D eigenvalue weighted by Gasteiger charge is -2.25. The highest BCUT2D eigenvalue weighted by molar-refractivity contribution is 5.97. The number of rotatable bonds is 8. The van der Waals surface area contributed by atoms with Crippen molar-refractivity contribution in [2.24, 2.45) is 0 Å². The Bertz CT molecular complexity index is 687. The van der Waals surface area contributed by atoms with Gasteiger partial charge in [-0.1, -0.05) is 36.4 Å². The van der Waals surface area contributed by atoms with Gasteiger partial charge in [0.1, 0.15) is 0 Å². The Balaban J connectivity index is 2.31. The van der Waals surface area contributed by atoms with Crippen LogP contribution < -0.4 is 9.47 Å². The molecule has 5 heteroatoms. The highest BCUT2D eigenvalue weighted by Gasteiger charge is 2.22. The summed E-state index contributed by atoms with van der Waals surface area (Å²) >= 11 is 0. The first-order valence-corrected chi connectivity index (χ1v) is 8.25. The molecule has 0 radical (unpaired) electrons. The molecule has 0 atom stereocenters. The first-order valence-electron chi connectivity index (χ1n) is 8.25. The van der Waals surface area contributed by atoms with Crippen LogP contribution in [-0.4, -0.2) is 57.1 Å². The number of carbonyl (C=O) groups excluding carboxylic acids is 1. The maximum absolute atomic E-state index is 13.2. The average molecular weight is 342 g/mol. The monoisotopic (exact) mass is 342 g/mol. The van der Waals surface area contributed by atoms with Gasteiger partial charge in [-0.2, -0.15) is 0 Å². The summed E-state index contributed by atoms with van der Waals surface area (Å²) in [5.41, 5.74) is 1.60. The zero-order valence-corrected chi connectivity index (χ0v) is 15.4. The Hall–Kier alpha value is -2.53. The summed E-state index contributed by atoms with van der Waals surface area (Å²) in [5.74, 6) is 0.958. The number of hydrogen-bond donors (Lipinski definition) is 0. The van der Waals surface area contributed by atoms with Gasteiger partial charge in [-0.15, -0.1) is 0 Å². The van der Waals surface area contributed by atoms with E-state index in [9.17, 15) is 4.79 Å². The van der Waals surface area contributed by atoms with Crippen LogP contribution in [0.5, 0.6) is 11.5 Å². The van der Waals surface area contributed by atoms with Crippen LogP contribution in [0.3, 0.4) is 0 Å². The SMILES string of the molecule is COc1cccc(C(=O)N(CCN(C)C)Cc2ccccc2)c1OC. The lowest BCUT2D eigenvalue weighted by Crippen LogP contribution is -2.36. The summed E-state index contributed by atoms with van der Waals surface area (Å²) in [7, 11) is 7.12. The predicted molar refractivity (Wildman–Crippen MR) is 99.3 cm³/mol. The summed E-state index contributed by atoms with van der Waals surface area (Å²) in [6, 6.07) is 15.4. The van der Waals surface area contributed by atoms with E-state index in [1.54, 1.807) is 32.4 Å². The van der Waals surface area contributed by atoms with E-state index >= 15 is 0 Å². The highest BCUT2D eigenvalue weighted by atomic mass is 16.5. The summed E-state index contributed by atoms with van der Waals surface area (Å²) in [5, 5.41) is 0.